The third-order valence-corrected chi connectivity index (χ3v) is 33.1. The molecule has 1 aliphatic rings. The zero-order chi connectivity index (χ0) is 80.9. The first kappa shape index (κ1) is 91.1. The van der Waals surface area contributed by atoms with Gasteiger partial charge in [0.2, 0.25) is 56.3 Å². The first-order chi connectivity index (χ1) is 51.8. The molecule has 110 heavy (non-hydrogen) atoms. The molecule has 1 saturated heterocycles. The molecule has 2 atom stereocenters. The lowest BCUT2D eigenvalue weighted by Gasteiger charge is -2.43. The molecule has 1 heterocycles. The fourth-order valence-electron chi connectivity index (χ4n) is 12.9. The van der Waals surface area contributed by atoms with Gasteiger partial charge < -0.3 is 15.2 Å². The summed E-state index contributed by atoms with van der Waals surface area (Å²) in [5.74, 6) is 0. The molecule has 602 valence electrons. The topological polar surface area (TPSA) is 325 Å². The van der Waals surface area contributed by atoms with Gasteiger partial charge in [-0.05, 0) is 179 Å². The van der Waals surface area contributed by atoms with E-state index in [-0.39, 0.29) is 86.6 Å². The normalized spacial score (nSPS) is 16.0. The van der Waals surface area contributed by atoms with Crippen LogP contribution in [0.2, 0.25) is 13.6 Å². The third-order valence-electron chi connectivity index (χ3n) is 19.7. The quantitative estimate of drug-likeness (QED) is 0.0140. The van der Waals surface area contributed by atoms with Crippen molar-refractivity contribution < 1.29 is 82.2 Å². The number of sulfonamides is 6. The van der Waals surface area contributed by atoms with Crippen LogP contribution in [0.1, 0.15) is 129 Å². The van der Waals surface area contributed by atoms with Crippen molar-refractivity contribution in [2.75, 3.05) is 72.1 Å². The summed E-state index contributed by atoms with van der Waals surface area (Å²) in [6, 6.07) is 43.3. The molecule has 1 fully saturated rings. The Labute approximate surface area is 656 Å². The maximum Gasteiger partial charge on any atom is 0.390 e. The highest BCUT2D eigenvalue weighted by molar-refractivity contribution is 7.91. The highest BCUT2D eigenvalue weighted by Gasteiger charge is 2.52. The predicted molar refractivity (Wildman–Crippen MR) is 431 cm³/mol. The lowest BCUT2D eigenvalue weighted by atomic mass is 9.89. The molecule has 3 N–H and O–H groups in total. The number of hydrogen-bond donors (Lipinski definition) is 3. The number of benzene rings is 7. The van der Waals surface area contributed by atoms with Crippen molar-refractivity contribution in [2.45, 2.75) is 193 Å². The number of quaternary nitrogens is 1. The van der Waals surface area contributed by atoms with E-state index in [2.05, 4.69) is 0 Å². The molecule has 0 bridgehead atoms. The fourth-order valence-corrected chi connectivity index (χ4v) is 23.4. The van der Waals surface area contributed by atoms with Gasteiger partial charge in [-0.2, -0.15) is 33.6 Å². The second kappa shape index (κ2) is 40.8. The van der Waals surface area contributed by atoms with Crippen molar-refractivity contribution >= 4 is 84.4 Å². The van der Waals surface area contributed by atoms with Gasteiger partial charge in [0.15, 0.2) is 0 Å². The number of hydrogen-bond acceptors (Lipinski definition) is 18. The van der Waals surface area contributed by atoms with Crippen LogP contribution in [-0.2, 0) is 74.4 Å². The van der Waals surface area contributed by atoms with Crippen molar-refractivity contribution in [3.05, 3.63) is 209 Å². The van der Waals surface area contributed by atoms with Gasteiger partial charge in [0.1, 0.15) is 11.4 Å². The van der Waals surface area contributed by atoms with Crippen LogP contribution in [0.5, 0.6) is 0 Å². The number of aliphatic hydroxyl groups is 1. The highest BCUT2D eigenvalue weighted by Crippen LogP contribution is 2.37. The van der Waals surface area contributed by atoms with Gasteiger partial charge in [-0.25, -0.2) is 54.7 Å². The Balaban J connectivity index is 0.000000311. The minimum Gasteiger partial charge on any atom is -0.437 e. The van der Waals surface area contributed by atoms with Crippen molar-refractivity contribution in [2.24, 2.45) is 0 Å². The molecule has 7 aromatic rings. The molecule has 0 aliphatic carbocycles. The summed E-state index contributed by atoms with van der Waals surface area (Å²) in [5.41, 5.74) is 5.83. The van der Waals surface area contributed by atoms with E-state index in [4.69, 9.17) is 9.29 Å². The van der Waals surface area contributed by atoms with Crippen LogP contribution in [0, 0.1) is 48.5 Å². The molecule has 0 aromatic heterocycles. The van der Waals surface area contributed by atoms with Crippen molar-refractivity contribution in [1.82, 2.24) is 21.3 Å². The molecule has 24 nitrogen and oxygen atoms in total. The number of nitrogens with zero attached hydrogens (tertiary/aromatic N) is 6. The molecule has 0 radical (unpaired) electrons. The monoisotopic (exact) mass is 1650 g/mol. The van der Waals surface area contributed by atoms with E-state index < -0.39 is 121 Å². The first-order valence-electron chi connectivity index (χ1n) is 37.3. The Morgan fingerprint density at radius 2 is 0.609 bits per heavy atom. The summed E-state index contributed by atoms with van der Waals surface area (Å²) in [4.78, 5) is -0.385. The minimum atomic E-state index is -4.56. The lowest BCUT2D eigenvalue weighted by Crippen LogP contribution is -2.63. The first-order valence-corrected chi connectivity index (χ1v) is 47.4. The zero-order valence-electron chi connectivity index (χ0n) is 64.6. The molecule has 0 saturated carbocycles. The van der Waals surface area contributed by atoms with Gasteiger partial charge in [0.05, 0.1) is 42.5 Å². The Hall–Kier alpha value is -6.08. The van der Waals surface area contributed by atoms with E-state index in [9.17, 15) is 60.6 Å². The molecule has 7 aromatic carbocycles. The zero-order valence-corrected chi connectivity index (χ0v) is 70.3. The van der Waals surface area contributed by atoms with Crippen LogP contribution in [0.3, 0.4) is 0 Å². The predicted octanol–water partition coefficient (Wildman–Crippen LogP) is 11.2. The number of rotatable bonds is 38. The minimum absolute atomic E-state index is 0.0118. The van der Waals surface area contributed by atoms with Crippen LogP contribution in [0.25, 0.3) is 0 Å². The average Bonchev–Trinajstić information content (AvgIpc) is 0.737. The van der Waals surface area contributed by atoms with E-state index in [0.717, 1.165) is 107 Å². The summed E-state index contributed by atoms with van der Waals surface area (Å²) in [7, 11) is -33.4. The van der Waals surface area contributed by atoms with Gasteiger partial charge in [-0.3, -0.25) is 0 Å². The van der Waals surface area contributed by atoms with Crippen LogP contribution >= 0.6 is 0 Å². The van der Waals surface area contributed by atoms with Crippen molar-refractivity contribution in [3.63, 3.8) is 0 Å². The Morgan fingerprint density at radius 1 is 0.336 bits per heavy atom. The maximum absolute atomic E-state index is 15.4. The summed E-state index contributed by atoms with van der Waals surface area (Å²) in [6.07, 6.45) is 8.32. The molecule has 0 amide bonds. The standard InChI is InChI=1S/C42H57BN3O10S4.C35H52BN3O8S3/c1-34-13-21-38(22-14-34)57(48,49)44(29-30-45(43(5)47)58(50,51)39-23-15-35(2)16-24-39)31-33-46(59(52,53)40-25-17-36(3)18-26-40)32-11-9-7-6-8-10-12-42(46)56-60(54,55)41-27-19-37(4)20-28-41;1-30-12-18-33(19-13-30)48(42,43)37(24-10-8-6-5-7-9-11-29-40)25-26-38(49(44,45)34-20-14-31(2)15-21-34)27-28-39(36(4)41)50(46,47)35-22-16-32(3)17-23-35/h13-28,42,47H,6-12,29-33H2,1-5H3;12-23,40-41H,5-11,24-29H2,1-4H3/q+1;. The second-order valence-corrected chi connectivity index (χ2v) is 41.7. The highest BCUT2D eigenvalue weighted by atomic mass is 32.2. The summed E-state index contributed by atoms with van der Waals surface area (Å²) < 4.78 is 210. The van der Waals surface area contributed by atoms with E-state index in [1.54, 1.807) is 98.8 Å². The van der Waals surface area contributed by atoms with Crippen molar-refractivity contribution in [3.8, 4) is 0 Å². The van der Waals surface area contributed by atoms with Crippen LogP contribution < -0.4 is 0 Å². The Bertz CT molecular complexity index is 4930. The van der Waals surface area contributed by atoms with Crippen LogP contribution in [-0.4, -0.2) is 192 Å². The van der Waals surface area contributed by atoms with Gasteiger partial charge in [-0.15, -0.1) is 0 Å². The molecular formula is C77H109B2N6O18S7+. The van der Waals surface area contributed by atoms with Gasteiger partial charge >= 0.3 is 34.2 Å². The Morgan fingerprint density at radius 3 is 0.955 bits per heavy atom. The third kappa shape index (κ3) is 24.2. The summed E-state index contributed by atoms with van der Waals surface area (Å²) in [5, 5.41) is 30.4. The van der Waals surface area contributed by atoms with Crippen molar-refractivity contribution in [1.29, 1.82) is 0 Å². The SMILES string of the molecule is CB(O)N(CCN(CCN(CCCCCCCCCO)S(=O)(=O)c1ccc(C)cc1)S(=O)(=O)c1ccc(C)cc1)S(=O)(=O)c1ccc(C)cc1.CB(O)N(CCN(CC[N+]1(S(=O)(=O)c2ccc(C)cc2)CCCCCCCCC1OS(=O)(=O)c1ccc(C)cc1)S(=O)(=O)c1ccc(C)cc1)S(=O)(=O)c1ccc(C)cc1. The van der Waals surface area contributed by atoms with E-state index in [1.165, 1.54) is 103 Å². The van der Waals surface area contributed by atoms with Gasteiger partial charge in [-0.1, -0.05) is 175 Å². The smallest absolute Gasteiger partial charge is 0.390 e. The number of aryl methyl sites for hydroxylation is 7. The molecule has 33 heteroatoms. The summed E-state index contributed by atoms with van der Waals surface area (Å²) in [6.45, 7) is 12.5. The number of unbranched alkanes of at least 4 members (excludes halogenated alkanes) is 6. The van der Waals surface area contributed by atoms with Gasteiger partial charge in [0, 0.05) is 58.8 Å². The van der Waals surface area contributed by atoms with Crippen LogP contribution in [0.15, 0.2) is 204 Å². The molecule has 8 rings (SSSR count). The summed E-state index contributed by atoms with van der Waals surface area (Å²) >= 11 is 0. The molecular weight excluding hydrogens is 1540 g/mol. The lowest BCUT2D eigenvalue weighted by molar-refractivity contribution is -0.855. The van der Waals surface area contributed by atoms with E-state index in [0.29, 0.717) is 32.1 Å². The Kier molecular flexibility index (Phi) is 33.8. The average molecular weight is 1650 g/mol. The molecule has 0 spiro atoms. The van der Waals surface area contributed by atoms with Gasteiger partial charge in [0.25, 0.3) is 0 Å². The molecule has 2 unspecified atom stereocenters. The largest absolute Gasteiger partial charge is 0.437 e. The number of aliphatic hydroxyl groups excluding tert-OH is 1. The second-order valence-electron chi connectivity index (χ2n) is 28.4. The fraction of sp³-hybridized carbons (Fsp3) is 0.455. The van der Waals surface area contributed by atoms with E-state index >= 15 is 8.42 Å². The molecule has 1 aliphatic heterocycles. The van der Waals surface area contributed by atoms with Crippen LogP contribution in [0.4, 0.5) is 0 Å². The maximum atomic E-state index is 15.4. The van der Waals surface area contributed by atoms with E-state index in [1.807, 2.05) is 34.6 Å².